The van der Waals surface area contributed by atoms with Crippen LogP contribution < -0.4 is 0 Å². The molecule has 1 aliphatic rings. The molecule has 0 saturated carbocycles. The van der Waals surface area contributed by atoms with E-state index in [-0.39, 0.29) is 11.9 Å². The molecule has 0 aromatic heterocycles. The van der Waals surface area contributed by atoms with Crippen LogP contribution in [0.5, 0.6) is 0 Å². The lowest BCUT2D eigenvalue weighted by Crippen LogP contribution is -2.24. The first kappa shape index (κ1) is 11.9. The molecule has 0 aliphatic carbocycles. The molecule has 2 unspecified atom stereocenters. The van der Waals surface area contributed by atoms with E-state index in [0.29, 0.717) is 11.8 Å². The zero-order valence-electron chi connectivity index (χ0n) is 9.38. The first-order valence-corrected chi connectivity index (χ1v) is 6.19. The van der Waals surface area contributed by atoms with Gasteiger partial charge in [0.1, 0.15) is 5.82 Å². The monoisotopic (exact) mass is 242 g/mol. The van der Waals surface area contributed by atoms with Crippen molar-refractivity contribution in [3.63, 3.8) is 0 Å². The Labute approximate surface area is 101 Å². The topological polar surface area (TPSA) is 9.23 Å². The summed E-state index contributed by atoms with van der Waals surface area (Å²) in [6.45, 7) is 2.73. The van der Waals surface area contributed by atoms with Gasteiger partial charge in [0.15, 0.2) is 0 Å². The highest BCUT2D eigenvalue weighted by Crippen LogP contribution is 2.36. The fraction of sp³-hybridized carbons (Fsp3) is 0.538. The number of alkyl halides is 1. The van der Waals surface area contributed by atoms with Gasteiger partial charge in [0.2, 0.25) is 0 Å². The summed E-state index contributed by atoms with van der Waals surface area (Å²) in [5.74, 6) is 0.666. The molecule has 0 N–H and O–H groups in total. The smallest absolute Gasteiger partial charge is 0.123 e. The quantitative estimate of drug-likeness (QED) is 0.716. The van der Waals surface area contributed by atoms with Gasteiger partial charge in [-0.3, -0.25) is 0 Å². The second kappa shape index (κ2) is 5.15. The summed E-state index contributed by atoms with van der Waals surface area (Å²) in [5.41, 5.74) is 2.02. The summed E-state index contributed by atoms with van der Waals surface area (Å²) >= 11 is 5.94. The Kier molecular flexibility index (Phi) is 3.82. The summed E-state index contributed by atoms with van der Waals surface area (Å²) in [7, 11) is 0. The molecule has 1 aliphatic heterocycles. The summed E-state index contributed by atoms with van der Waals surface area (Å²) < 4.78 is 19.0. The predicted molar refractivity (Wildman–Crippen MR) is 63.3 cm³/mol. The Hall–Kier alpha value is -0.600. The van der Waals surface area contributed by atoms with E-state index in [0.717, 1.165) is 30.6 Å². The van der Waals surface area contributed by atoms with Crippen LogP contribution >= 0.6 is 11.6 Å². The first-order chi connectivity index (χ1) is 7.72. The van der Waals surface area contributed by atoms with Crippen molar-refractivity contribution in [3.8, 4) is 0 Å². The lowest BCUT2D eigenvalue weighted by atomic mass is 9.89. The van der Waals surface area contributed by atoms with Crippen LogP contribution in [0.2, 0.25) is 0 Å². The van der Waals surface area contributed by atoms with Crippen LogP contribution in [0.1, 0.15) is 30.1 Å². The average molecular weight is 243 g/mol. The molecule has 0 bridgehead atoms. The van der Waals surface area contributed by atoms with E-state index in [1.165, 1.54) is 6.07 Å². The lowest BCUT2D eigenvalue weighted by Gasteiger charge is -2.31. The van der Waals surface area contributed by atoms with Crippen LogP contribution in [-0.2, 0) is 4.74 Å². The van der Waals surface area contributed by atoms with E-state index in [2.05, 4.69) is 0 Å². The molecule has 1 heterocycles. The molecule has 3 heteroatoms. The van der Waals surface area contributed by atoms with E-state index in [4.69, 9.17) is 16.3 Å². The Bertz CT molecular complexity index is 367. The van der Waals surface area contributed by atoms with Gasteiger partial charge in [-0.1, -0.05) is 6.07 Å². The van der Waals surface area contributed by atoms with Gasteiger partial charge >= 0.3 is 0 Å². The van der Waals surface area contributed by atoms with Gasteiger partial charge in [-0.25, -0.2) is 4.39 Å². The molecule has 0 spiro atoms. The lowest BCUT2D eigenvalue weighted by molar-refractivity contribution is -0.0213. The number of aryl methyl sites for hydroxylation is 1. The van der Waals surface area contributed by atoms with Crippen LogP contribution in [0, 0.1) is 18.7 Å². The summed E-state index contributed by atoms with van der Waals surface area (Å²) in [4.78, 5) is 0. The van der Waals surface area contributed by atoms with Crippen LogP contribution in [0.15, 0.2) is 18.2 Å². The van der Waals surface area contributed by atoms with Crippen molar-refractivity contribution >= 4 is 11.6 Å². The number of rotatable bonds is 2. The van der Waals surface area contributed by atoms with Crippen molar-refractivity contribution in [1.82, 2.24) is 0 Å². The third-order valence-corrected chi connectivity index (χ3v) is 3.59. The number of halogens is 2. The van der Waals surface area contributed by atoms with Crippen LogP contribution in [0.25, 0.3) is 0 Å². The minimum atomic E-state index is -0.205. The maximum atomic E-state index is 13.2. The molecule has 2 rings (SSSR count). The molecule has 1 saturated heterocycles. The molecule has 0 radical (unpaired) electrons. The molecule has 16 heavy (non-hydrogen) atoms. The Morgan fingerprint density at radius 1 is 1.50 bits per heavy atom. The maximum Gasteiger partial charge on any atom is 0.123 e. The Morgan fingerprint density at radius 3 is 3.06 bits per heavy atom. The van der Waals surface area contributed by atoms with Crippen LogP contribution in [-0.4, -0.2) is 12.5 Å². The van der Waals surface area contributed by atoms with Gasteiger partial charge in [0.25, 0.3) is 0 Å². The molecule has 1 aromatic carbocycles. The zero-order chi connectivity index (χ0) is 11.5. The van der Waals surface area contributed by atoms with Gasteiger partial charge in [0, 0.05) is 18.4 Å². The van der Waals surface area contributed by atoms with Crippen molar-refractivity contribution in [1.29, 1.82) is 0 Å². The highest BCUT2D eigenvalue weighted by Gasteiger charge is 2.28. The molecule has 0 amide bonds. The van der Waals surface area contributed by atoms with E-state index < -0.39 is 0 Å². The van der Waals surface area contributed by atoms with Crippen LogP contribution in [0.4, 0.5) is 4.39 Å². The second-order valence-corrected chi connectivity index (χ2v) is 4.66. The summed E-state index contributed by atoms with van der Waals surface area (Å²) in [6.07, 6.45) is 2.06. The molecule has 1 fully saturated rings. The summed E-state index contributed by atoms with van der Waals surface area (Å²) in [5, 5.41) is 0. The largest absolute Gasteiger partial charge is 0.373 e. The fourth-order valence-electron chi connectivity index (χ4n) is 2.26. The second-order valence-electron chi connectivity index (χ2n) is 4.35. The van der Waals surface area contributed by atoms with Gasteiger partial charge in [0.05, 0.1) is 6.10 Å². The molecule has 2 atom stereocenters. The van der Waals surface area contributed by atoms with Gasteiger partial charge in [-0.15, -0.1) is 11.6 Å². The fourth-order valence-corrected chi connectivity index (χ4v) is 2.58. The van der Waals surface area contributed by atoms with Crippen LogP contribution in [0.3, 0.4) is 0 Å². The number of hydrogen-bond donors (Lipinski definition) is 0. The molecular formula is C13H16ClFO. The zero-order valence-corrected chi connectivity index (χ0v) is 10.1. The van der Waals surface area contributed by atoms with Crippen molar-refractivity contribution < 1.29 is 9.13 Å². The van der Waals surface area contributed by atoms with E-state index in [1.807, 2.05) is 6.92 Å². The number of hydrogen-bond acceptors (Lipinski definition) is 1. The van der Waals surface area contributed by atoms with Crippen molar-refractivity contribution in [2.24, 2.45) is 5.92 Å². The normalized spacial score (nSPS) is 25.7. The molecule has 1 aromatic rings. The highest BCUT2D eigenvalue weighted by atomic mass is 35.5. The number of benzene rings is 1. The van der Waals surface area contributed by atoms with E-state index in [1.54, 1.807) is 12.1 Å². The third kappa shape index (κ3) is 2.38. The van der Waals surface area contributed by atoms with E-state index >= 15 is 0 Å². The minimum absolute atomic E-state index is 0.0399. The predicted octanol–water partition coefficient (Wildman–Crippen LogP) is 3.84. The average Bonchev–Trinajstić information content (AvgIpc) is 2.32. The molecule has 1 nitrogen and oxygen atoms in total. The Balaban J connectivity index is 2.30. The SMILES string of the molecule is Cc1ccc(F)cc1C1OCCCC1CCl. The number of ether oxygens (including phenoxy) is 1. The summed E-state index contributed by atoms with van der Waals surface area (Å²) in [6, 6.07) is 4.86. The molecular weight excluding hydrogens is 227 g/mol. The first-order valence-electron chi connectivity index (χ1n) is 5.66. The van der Waals surface area contributed by atoms with Crippen molar-refractivity contribution in [2.45, 2.75) is 25.9 Å². The van der Waals surface area contributed by atoms with Gasteiger partial charge in [-0.2, -0.15) is 0 Å². The standard InChI is InChI=1S/C13H16ClFO/c1-9-4-5-11(15)7-12(9)13-10(8-14)3-2-6-16-13/h4-5,7,10,13H,2-3,6,8H2,1H3. The molecule has 88 valence electrons. The van der Waals surface area contributed by atoms with Crippen molar-refractivity contribution in [2.75, 3.05) is 12.5 Å². The van der Waals surface area contributed by atoms with Crippen molar-refractivity contribution in [3.05, 3.63) is 35.1 Å². The van der Waals surface area contributed by atoms with Gasteiger partial charge < -0.3 is 4.74 Å². The van der Waals surface area contributed by atoms with Gasteiger partial charge in [-0.05, 0) is 43.0 Å². The minimum Gasteiger partial charge on any atom is -0.373 e. The Morgan fingerprint density at radius 2 is 2.31 bits per heavy atom. The maximum absolute atomic E-state index is 13.2. The highest BCUT2D eigenvalue weighted by molar-refractivity contribution is 6.18. The van der Waals surface area contributed by atoms with E-state index in [9.17, 15) is 4.39 Å². The third-order valence-electron chi connectivity index (χ3n) is 3.19.